The van der Waals surface area contributed by atoms with E-state index in [0.29, 0.717) is 24.5 Å². The van der Waals surface area contributed by atoms with Gasteiger partial charge in [-0.1, -0.05) is 12.1 Å². The van der Waals surface area contributed by atoms with Gasteiger partial charge in [0.1, 0.15) is 11.5 Å². The molecule has 1 N–H and O–H groups in total. The summed E-state index contributed by atoms with van der Waals surface area (Å²) in [5.41, 5.74) is 2.89. The monoisotopic (exact) mass is 313 g/mol. The minimum absolute atomic E-state index is 0.245. The van der Waals surface area contributed by atoms with Gasteiger partial charge in [-0.2, -0.15) is 5.10 Å². The van der Waals surface area contributed by atoms with Crippen molar-refractivity contribution in [1.29, 1.82) is 0 Å². The Kier molecular flexibility index (Phi) is 4.23. The molecule has 0 aliphatic rings. The third-order valence-corrected chi connectivity index (χ3v) is 3.40. The van der Waals surface area contributed by atoms with Crippen LogP contribution in [0.4, 0.5) is 4.39 Å². The number of H-pyrrole nitrogens is 1. The number of carbonyl (C=O) groups excluding carboxylic acids is 1. The first kappa shape index (κ1) is 15.0. The first-order valence-corrected chi connectivity index (χ1v) is 7.29. The van der Waals surface area contributed by atoms with Gasteiger partial charge < -0.3 is 9.30 Å². The number of aromatic amines is 1. The van der Waals surface area contributed by atoms with E-state index in [4.69, 9.17) is 4.74 Å². The summed E-state index contributed by atoms with van der Waals surface area (Å²) in [6, 6.07) is 9.97. The molecule has 0 atom stereocenters. The summed E-state index contributed by atoms with van der Waals surface area (Å²) in [6.45, 7) is 2.71. The van der Waals surface area contributed by atoms with Gasteiger partial charge in [-0.05, 0) is 36.8 Å². The van der Waals surface area contributed by atoms with E-state index in [1.807, 2.05) is 23.0 Å². The van der Waals surface area contributed by atoms with Crippen molar-refractivity contribution in [2.75, 3.05) is 6.61 Å². The van der Waals surface area contributed by atoms with Gasteiger partial charge in [0, 0.05) is 24.5 Å². The zero-order valence-corrected chi connectivity index (χ0v) is 12.6. The minimum Gasteiger partial charge on any atom is -0.461 e. The van der Waals surface area contributed by atoms with E-state index < -0.39 is 5.97 Å². The summed E-state index contributed by atoms with van der Waals surface area (Å²) < 4.78 is 19.8. The summed E-state index contributed by atoms with van der Waals surface area (Å²) in [6.07, 6.45) is 3.84. The molecule has 0 aliphatic carbocycles. The molecule has 0 spiro atoms. The lowest BCUT2D eigenvalue weighted by atomic mass is 10.2. The lowest BCUT2D eigenvalue weighted by Gasteiger charge is -2.02. The Morgan fingerprint density at radius 2 is 2.09 bits per heavy atom. The van der Waals surface area contributed by atoms with Crippen LogP contribution in [-0.2, 0) is 11.3 Å². The SMILES string of the molecule is CCOC(=O)c1cc(-c2ccn(Cc3ccc(F)cc3)c2)n[nH]1. The van der Waals surface area contributed by atoms with Crippen molar-refractivity contribution >= 4 is 5.97 Å². The molecule has 23 heavy (non-hydrogen) atoms. The van der Waals surface area contributed by atoms with Crippen molar-refractivity contribution in [1.82, 2.24) is 14.8 Å². The number of halogens is 1. The third-order valence-electron chi connectivity index (χ3n) is 3.40. The molecule has 0 unspecified atom stereocenters. The van der Waals surface area contributed by atoms with E-state index in [9.17, 15) is 9.18 Å². The van der Waals surface area contributed by atoms with Gasteiger partial charge in [0.2, 0.25) is 0 Å². The number of hydrogen-bond donors (Lipinski definition) is 1. The van der Waals surface area contributed by atoms with E-state index in [2.05, 4.69) is 10.2 Å². The molecule has 0 amide bonds. The highest BCUT2D eigenvalue weighted by molar-refractivity contribution is 5.88. The molecule has 3 aromatic rings. The topological polar surface area (TPSA) is 59.9 Å². The maximum Gasteiger partial charge on any atom is 0.356 e. The van der Waals surface area contributed by atoms with Crippen molar-refractivity contribution in [2.24, 2.45) is 0 Å². The minimum atomic E-state index is -0.419. The lowest BCUT2D eigenvalue weighted by molar-refractivity contribution is 0.0519. The molecule has 2 aromatic heterocycles. The van der Waals surface area contributed by atoms with E-state index in [1.165, 1.54) is 12.1 Å². The number of benzene rings is 1. The highest BCUT2D eigenvalue weighted by atomic mass is 19.1. The second-order valence-corrected chi connectivity index (χ2v) is 5.09. The summed E-state index contributed by atoms with van der Waals surface area (Å²) >= 11 is 0. The maximum atomic E-state index is 12.9. The van der Waals surface area contributed by atoms with Crippen LogP contribution in [0.1, 0.15) is 23.0 Å². The van der Waals surface area contributed by atoms with Crippen LogP contribution >= 0.6 is 0 Å². The van der Waals surface area contributed by atoms with E-state index in [1.54, 1.807) is 25.1 Å². The van der Waals surface area contributed by atoms with E-state index >= 15 is 0 Å². The summed E-state index contributed by atoms with van der Waals surface area (Å²) in [4.78, 5) is 11.6. The lowest BCUT2D eigenvalue weighted by Crippen LogP contribution is -2.04. The molecule has 0 saturated heterocycles. The molecule has 6 heteroatoms. The summed E-state index contributed by atoms with van der Waals surface area (Å²) in [5.74, 6) is -0.665. The number of nitrogens with one attached hydrogen (secondary N) is 1. The molecule has 0 saturated carbocycles. The van der Waals surface area contributed by atoms with Crippen LogP contribution in [0.15, 0.2) is 48.8 Å². The molecular formula is C17H16FN3O2. The Balaban J connectivity index is 1.74. The standard InChI is InChI=1S/C17H16FN3O2/c1-2-23-17(22)16-9-15(19-20-16)13-7-8-21(11-13)10-12-3-5-14(18)6-4-12/h3-9,11H,2,10H2,1H3,(H,19,20). The van der Waals surface area contributed by atoms with Crippen LogP contribution in [0.25, 0.3) is 11.3 Å². The van der Waals surface area contributed by atoms with Crippen molar-refractivity contribution in [3.05, 3.63) is 65.9 Å². The van der Waals surface area contributed by atoms with Crippen molar-refractivity contribution in [3.63, 3.8) is 0 Å². The zero-order chi connectivity index (χ0) is 16.2. The molecular weight excluding hydrogens is 297 g/mol. The van der Waals surface area contributed by atoms with Crippen molar-refractivity contribution < 1.29 is 13.9 Å². The molecule has 1 aromatic carbocycles. The second kappa shape index (κ2) is 6.48. The fraction of sp³-hybridized carbons (Fsp3) is 0.176. The molecule has 0 aliphatic heterocycles. The van der Waals surface area contributed by atoms with Gasteiger partial charge in [0.15, 0.2) is 0 Å². The molecule has 0 radical (unpaired) electrons. The fourth-order valence-electron chi connectivity index (χ4n) is 2.27. The van der Waals surface area contributed by atoms with Gasteiger partial charge in [-0.25, -0.2) is 9.18 Å². The van der Waals surface area contributed by atoms with Crippen LogP contribution in [0, 0.1) is 5.82 Å². The van der Waals surface area contributed by atoms with E-state index in [0.717, 1.165) is 11.1 Å². The largest absolute Gasteiger partial charge is 0.461 e. The molecule has 0 bridgehead atoms. The highest BCUT2D eigenvalue weighted by Gasteiger charge is 2.12. The predicted octanol–water partition coefficient (Wildman–Crippen LogP) is 3.24. The summed E-state index contributed by atoms with van der Waals surface area (Å²) in [7, 11) is 0. The number of esters is 1. The molecule has 118 valence electrons. The fourth-order valence-corrected chi connectivity index (χ4v) is 2.27. The third kappa shape index (κ3) is 3.48. The van der Waals surface area contributed by atoms with E-state index in [-0.39, 0.29) is 5.82 Å². The Morgan fingerprint density at radius 3 is 2.83 bits per heavy atom. The molecule has 3 rings (SSSR count). The number of ether oxygens (including phenoxy) is 1. The van der Waals surface area contributed by atoms with Gasteiger partial charge in [0.05, 0.1) is 12.3 Å². The van der Waals surface area contributed by atoms with Gasteiger partial charge in [-0.3, -0.25) is 5.10 Å². The van der Waals surface area contributed by atoms with Gasteiger partial charge in [-0.15, -0.1) is 0 Å². The Morgan fingerprint density at radius 1 is 1.30 bits per heavy atom. The van der Waals surface area contributed by atoms with Crippen LogP contribution in [0.3, 0.4) is 0 Å². The number of carbonyl (C=O) groups is 1. The normalized spacial score (nSPS) is 10.7. The van der Waals surface area contributed by atoms with Crippen molar-refractivity contribution in [3.8, 4) is 11.3 Å². The van der Waals surface area contributed by atoms with Crippen molar-refractivity contribution in [2.45, 2.75) is 13.5 Å². The first-order valence-electron chi connectivity index (χ1n) is 7.29. The van der Waals surface area contributed by atoms with Crippen LogP contribution in [-0.4, -0.2) is 27.3 Å². The molecule has 2 heterocycles. The zero-order valence-electron chi connectivity index (χ0n) is 12.6. The Bertz CT molecular complexity index is 805. The number of aromatic nitrogens is 3. The summed E-state index contributed by atoms with van der Waals surface area (Å²) in [5, 5.41) is 6.81. The second-order valence-electron chi connectivity index (χ2n) is 5.09. The Hall–Kier alpha value is -2.89. The van der Waals surface area contributed by atoms with Crippen LogP contribution < -0.4 is 0 Å². The molecule has 0 fully saturated rings. The van der Waals surface area contributed by atoms with Crippen LogP contribution in [0.2, 0.25) is 0 Å². The molecule has 5 nitrogen and oxygen atoms in total. The number of rotatable bonds is 5. The maximum absolute atomic E-state index is 12.9. The van der Waals surface area contributed by atoms with Gasteiger partial charge >= 0.3 is 5.97 Å². The average Bonchev–Trinajstić information content (AvgIpc) is 3.19. The quantitative estimate of drug-likeness (QED) is 0.736. The number of hydrogen-bond acceptors (Lipinski definition) is 3. The average molecular weight is 313 g/mol. The number of nitrogens with zero attached hydrogens (tertiary/aromatic N) is 2. The Labute approximate surface area is 132 Å². The predicted molar refractivity (Wildman–Crippen MR) is 83.5 cm³/mol. The highest BCUT2D eigenvalue weighted by Crippen LogP contribution is 2.19. The van der Waals surface area contributed by atoms with Gasteiger partial charge in [0.25, 0.3) is 0 Å². The first-order chi connectivity index (χ1) is 11.2. The smallest absolute Gasteiger partial charge is 0.356 e. The van der Waals surface area contributed by atoms with Crippen LogP contribution in [0.5, 0.6) is 0 Å².